The van der Waals surface area contributed by atoms with Crippen molar-refractivity contribution in [3.05, 3.63) is 76.1 Å². The van der Waals surface area contributed by atoms with Crippen LogP contribution >= 0.6 is 27.3 Å². The molecule has 4 aromatic rings. The molecule has 0 unspecified atom stereocenters. The van der Waals surface area contributed by atoms with Crippen LogP contribution in [0.4, 0.5) is 5.69 Å². The maximum absolute atomic E-state index is 13.0. The van der Waals surface area contributed by atoms with E-state index in [0.29, 0.717) is 17.0 Å². The Hall–Kier alpha value is -2.70. The quantitative estimate of drug-likeness (QED) is 0.425. The van der Waals surface area contributed by atoms with Crippen molar-refractivity contribution in [1.29, 1.82) is 0 Å². The molecule has 0 fully saturated rings. The lowest BCUT2D eigenvalue weighted by Crippen LogP contribution is -2.13. The first-order chi connectivity index (χ1) is 13.1. The van der Waals surface area contributed by atoms with Crippen molar-refractivity contribution in [3.63, 3.8) is 0 Å². The zero-order valence-electron chi connectivity index (χ0n) is 14.4. The number of hydrogen-bond donors (Lipinski definition) is 1. The number of hydrogen-bond acceptors (Lipinski definition) is 4. The molecule has 1 N–H and O–H groups in total. The molecule has 4 rings (SSSR count). The fourth-order valence-electron chi connectivity index (χ4n) is 2.84. The van der Waals surface area contributed by atoms with Gasteiger partial charge in [-0.1, -0.05) is 24.3 Å². The second kappa shape index (κ2) is 7.50. The van der Waals surface area contributed by atoms with E-state index in [-0.39, 0.29) is 5.91 Å². The third kappa shape index (κ3) is 3.72. The van der Waals surface area contributed by atoms with Crippen molar-refractivity contribution < 1.29 is 9.53 Å². The smallest absolute Gasteiger partial charge is 0.256 e. The minimum Gasteiger partial charge on any atom is -0.497 e. The van der Waals surface area contributed by atoms with Crippen LogP contribution in [0.3, 0.4) is 0 Å². The second-order valence-electron chi connectivity index (χ2n) is 5.86. The molecule has 0 aliphatic rings. The first-order valence-electron chi connectivity index (χ1n) is 8.25. The summed E-state index contributed by atoms with van der Waals surface area (Å²) in [5, 5.41) is 3.77. The van der Waals surface area contributed by atoms with Crippen molar-refractivity contribution >= 4 is 49.8 Å². The summed E-state index contributed by atoms with van der Waals surface area (Å²) in [4.78, 5) is 18.8. The number of ether oxygens (including phenoxy) is 1. The molecule has 6 heteroatoms. The Kier molecular flexibility index (Phi) is 4.92. The van der Waals surface area contributed by atoms with E-state index in [0.717, 1.165) is 25.3 Å². The number of methoxy groups -OCH3 is 1. The molecule has 134 valence electrons. The maximum Gasteiger partial charge on any atom is 0.256 e. The van der Waals surface area contributed by atoms with Crippen molar-refractivity contribution in [1.82, 2.24) is 4.98 Å². The van der Waals surface area contributed by atoms with Gasteiger partial charge in [0.05, 0.1) is 32.5 Å². The Morgan fingerprint density at radius 3 is 2.70 bits per heavy atom. The van der Waals surface area contributed by atoms with Crippen LogP contribution in [-0.4, -0.2) is 18.0 Å². The number of rotatable bonds is 4. The number of benzene rings is 2. The monoisotopic (exact) mass is 438 g/mol. The number of pyridine rings is 1. The third-order valence-corrected chi connectivity index (χ3v) is 5.76. The maximum atomic E-state index is 13.0. The first kappa shape index (κ1) is 17.7. The molecule has 2 heterocycles. The van der Waals surface area contributed by atoms with E-state index in [9.17, 15) is 4.79 Å². The molecule has 1 amide bonds. The molecule has 0 aliphatic carbocycles. The fraction of sp³-hybridized carbons (Fsp3) is 0.0476. The van der Waals surface area contributed by atoms with Crippen LogP contribution in [0.5, 0.6) is 5.75 Å². The Balaban J connectivity index is 1.78. The summed E-state index contributed by atoms with van der Waals surface area (Å²) >= 11 is 5.07. The van der Waals surface area contributed by atoms with Gasteiger partial charge in [0.2, 0.25) is 0 Å². The minimum atomic E-state index is -0.182. The molecule has 2 aromatic carbocycles. The van der Waals surface area contributed by atoms with Gasteiger partial charge in [0.1, 0.15) is 5.75 Å². The van der Waals surface area contributed by atoms with Crippen LogP contribution in [0.25, 0.3) is 21.5 Å². The van der Waals surface area contributed by atoms with Gasteiger partial charge in [-0.25, -0.2) is 4.98 Å². The van der Waals surface area contributed by atoms with Gasteiger partial charge in [0.15, 0.2) is 0 Å². The predicted octanol–water partition coefficient (Wildman–Crippen LogP) is 5.99. The van der Waals surface area contributed by atoms with Crippen LogP contribution < -0.4 is 10.1 Å². The normalized spacial score (nSPS) is 10.7. The molecule has 0 radical (unpaired) electrons. The highest BCUT2D eigenvalue weighted by atomic mass is 79.9. The van der Waals surface area contributed by atoms with E-state index in [2.05, 4.69) is 21.2 Å². The van der Waals surface area contributed by atoms with E-state index >= 15 is 0 Å². The summed E-state index contributed by atoms with van der Waals surface area (Å²) in [5.74, 6) is 0.509. The highest BCUT2D eigenvalue weighted by Crippen LogP contribution is 2.32. The van der Waals surface area contributed by atoms with Crippen molar-refractivity contribution in [2.45, 2.75) is 0 Å². The lowest BCUT2D eigenvalue weighted by atomic mass is 10.1. The first-order valence-corrected chi connectivity index (χ1v) is 9.86. The van der Waals surface area contributed by atoms with E-state index < -0.39 is 0 Å². The standard InChI is InChI=1S/C21H15BrN2O2S/c1-26-14-6-4-5-13(11-14)23-21(25)16-12-18(19-9-10-20(22)27-19)24-17-8-3-2-7-15(16)17/h2-12H,1H3,(H,23,25). The molecule has 4 nitrogen and oxygen atoms in total. The fourth-order valence-corrected chi connectivity index (χ4v) is 4.19. The molecule has 0 aliphatic heterocycles. The van der Waals surface area contributed by atoms with Crippen LogP contribution in [-0.2, 0) is 0 Å². The number of nitrogens with one attached hydrogen (secondary N) is 1. The van der Waals surface area contributed by atoms with Crippen LogP contribution in [0.2, 0.25) is 0 Å². The van der Waals surface area contributed by atoms with Gasteiger partial charge in [0, 0.05) is 17.1 Å². The summed E-state index contributed by atoms with van der Waals surface area (Å²) < 4.78 is 6.25. The van der Waals surface area contributed by atoms with E-state index in [1.54, 1.807) is 24.5 Å². The molecule has 0 bridgehead atoms. The Morgan fingerprint density at radius 1 is 1.07 bits per heavy atom. The summed E-state index contributed by atoms with van der Waals surface area (Å²) in [7, 11) is 1.60. The van der Waals surface area contributed by atoms with Gasteiger partial charge in [0.25, 0.3) is 5.91 Å². The van der Waals surface area contributed by atoms with Gasteiger partial charge in [-0.2, -0.15) is 0 Å². The van der Waals surface area contributed by atoms with Crippen LogP contribution in [0, 0.1) is 0 Å². The molecule has 0 saturated carbocycles. The summed E-state index contributed by atoms with van der Waals surface area (Å²) in [6.45, 7) is 0. The number of amides is 1. The molecule has 2 aromatic heterocycles. The van der Waals surface area contributed by atoms with Gasteiger partial charge in [-0.15, -0.1) is 11.3 Å². The number of thiophene rings is 1. The summed E-state index contributed by atoms with van der Waals surface area (Å²) in [6, 6.07) is 20.8. The molecule has 0 saturated heterocycles. The molecule has 0 spiro atoms. The average Bonchev–Trinajstić information content (AvgIpc) is 3.13. The zero-order valence-corrected chi connectivity index (χ0v) is 16.8. The number of para-hydroxylation sites is 1. The third-order valence-electron chi connectivity index (χ3n) is 4.11. The molecular weight excluding hydrogens is 424 g/mol. The van der Waals surface area contributed by atoms with E-state index in [1.165, 1.54) is 0 Å². The Morgan fingerprint density at radius 2 is 1.93 bits per heavy atom. The Bertz CT molecular complexity index is 1140. The zero-order chi connectivity index (χ0) is 18.8. The summed E-state index contributed by atoms with van der Waals surface area (Å²) in [6.07, 6.45) is 0. The topological polar surface area (TPSA) is 51.2 Å². The minimum absolute atomic E-state index is 0.182. The van der Waals surface area contributed by atoms with Gasteiger partial charge >= 0.3 is 0 Å². The summed E-state index contributed by atoms with van der Waals surface area (Å²) in [5.41, 5.74) is 2.83. The molecule has 27 heavy (non-hydrogen) atoms. The second-order valence-corrected chi connectivity index (χ2v) is 8.33. The number of anilines is 1. The predicted molar refractivity (Wildman–Crippen MR) is 114 cm³/mol. The van der Waals surface area contributed by atoms with Crippen molar-refractivity contribution in [2.75, 3.05) is 12.4 Å². The number of aromatic nitrogens is 1. The van der Waals surface area contributed by atoms with Crippen LogP contribution in [0.1, 0.15) is 10.4 Å². The number of carbonyl (C=O) groups is 1. The van der Waals surface area contributed by atoms with Crippen LogP contribution in [0.15, 0.2) is 70.5 Å². The van der Waals surface area contributed by atoms with E-state index in [4.69, 9.17) is 9.72 Å². The number of fused-ring (bicyclic) bond motifs is 1. The highest BCUT2D eigenvalue weighted by molar-refractivity contribution is 9.11. The number of carbonyl (C=O) groups excluding carboxylic acids is 1. The van der Waals surface area contributed by atoms with Crippen molar-refractivity contribution in [3.8, 4) is 16.3 Å². The number of nitrogens with zero attached hydrogens (tertiary/aromatic N) is 1. The van der Waals surface area contributed by atoms with Gasteiger partial charge in [-0.05, 0) is 52.3 Å². The van der Waals surface area contributed by atoms with E-state index in [1.807, 2.05) is 60.7 Å². The lowest BCUT2D eigenvalue weighted by Gasteiger charge is -2.10. The lowest BCUT2D eigenvalue weighted by molar-refractivity contribution is 0.102. The van der Waals surface area contributed by atoms with Crippen molar-refractivity contribution in [2.24, 2.45) is 0 Å². The largest absolute Gasteiger partial charge is 0.497 e. The average molecular weight is 439 g/mol. The number of halogens is 1. The Labute approximate surface area is 169 Å². The highest BCUT2D eigenvalue weighted by Gasteiger charge is 2.15. The molecular formula is C21H15BrN2O2S. The van der Waals surface area contributed by atoms with Gasteiger partial charge in [-0.3, -0.25) is 4.79 Å². The van der Waals surface area contributed by atoms with Gasteiger partial charge < -0.3 is 10.1 Å². The SMILES string of the molecule is COc1cccc(NC(=O)c2cc(-c3ccc(Br)s3)nc3ccccc23)c1. The molecule has 0 atom stereocenters.